The van der Waals surface area contributed by atoms with Crippen LogP contribution >= 0.6 is 15.9 Å². The summed E-state index contributed by atoms with van der Waals surface area (Å²) in [5, 5.41) is 10.9. The fraction of sp³-hybridized carbons (Fsp3) is 0. The Bertz CT molecular complexity index is 811. The second-order valence-corrected chi connectivity index (χ2v) is 6.52. The third kappa shape index (κ3) is 3.37. The SMILES string of the molecule is O=[N+]([O-])c1cc(Br)ccc1NS(=O)(=O)c1ccccc1F. The first-order valence-corrected chi connectivity index (χ1v) is 7.80. The van der Waals surface area contributed by atoms with Crippen LogP contribution in [0.3, 0.4) is 0 Å². The van der Waals surface area contributed by atoms with Crippen molar-refractivity contribution in [2.75, 3.05) is 4.72 Å². The van der Waals surface area contributed by atoms with E-state index < -0.39 is 31.3 Å². The van der Waals surface area contributed by atoms with E-state index >= 15 is 0 Å². The number of sulfonamides is 1. The van der Waals surface area contributed by atoms with Crippen molar-refractivity contribution in [1.29, 1.82) is 0 Å². The average molecular weight is 375 g/mol. The Morgan fingerprint density at radius 1 is 1.19 bits per heavy atom. The van der Waals surface area contributed by atoms with E-state index in [2.05, 4.69) is 15.9 Å². The molecule has 0 saturated heterocycles. The fourth-order valence-corrected chi connectivity index (χ4v) is 3.11. The molecule has 0 radical (unpaired) electrons. The quantitative estimate of drug-likeness (QED) is 0.656. The molecule has 21 heavy (non-hydrogen) atoms. The Morgan fingerprint density at radius 2 is 1.86 bits per heavy atom. The van der Waals surface area contributed by atoms with Crippen molar-refractivity contribution in [3.05, 3.63) is 62.9 Å². The molecule has 0 unspecified atom stereocenters. The van der Waals surface area contributed by atoms with Crippen LogP contribution in [0.1, 0.15) is 0 Å². The molecule has 0 saturated carbocycles. The van der Waals surface area contributed by atoms with Gasteiger partial charge in [0.25, 0.3) is 15.7 Å². The molecule has 0 aromatic heterocycles. The number of nitrogens with zero attached hydrogens (tertiary/aromatic N) is 1. The number of rotatable bonds is 4. The maximum absolute atomic E-state index is 13.6. The Morgan fingerprint density at radius 3 is 2.48 bits per heavy atom. The lowest BCUT2D eigenvalue weighted by Crippen LogP contribution is -2.15. The maximum atomic E-state index is 13.6. The summed E-state index contributed by atoms with van der Waals surface area (Å²) in [6.45, 7) is 0. The second kappa shape index (κ2) is 5.78. The molecule has 9 heteroatoms. The molecular weight excluding hydrogens is 367 g/mol. The second-order valence-electron chi connectivity index (χ2n) is 3.95. The molecule has 6 nitrogen and oxygen atoms in total. The first-order chi connectivity index (χ1) is 9.81. The van der Waals surface area contributed by atoms with E-state index in [0.29, 0.717) is 4.47 Å². The van der Waals surface area contributed by atoms with Crippen LogP contribution < -0.4 is 4.72 Å². The number of anilines is 1. The third-order valence-corrected chi connectivity index (χ3v) is 4.42. The normalized spacial score (nSPS) is 11.1. The minimum Gasteiger partial charge on any atom is -0.273 e. The van der Waals surface area contributed by atoms with E-state index in [1.807, 2.05) is 4.72 Å². The van der Waals surface area contributed by atoms with Gasteiger partial charge in [-0.05, 0) is 24.3 Å². The van der Waals surface area contributed by atoms with Gasteiger partial charge in [-0.2, -0.15) is 0 Å². The number of nitro benzene ring substituents is 1. The highest BCUT2D eigenvalue weighted by molar-refractivity contribution is 9.10. The smallest absolute Gasteiger partial charge is 0.273 e. The number of nitro groups is 1. The van der Waals surface area contributed by atoms with Crippen molar-refractivity contribution in [1.82, 2.24) is 0 Å². The standard InChI is InChI=1S/C12H8BrFN2O4S/c13-8-5-6-10(11(7-8)16(17)18)15-21(19,20)12-4-2-1-3-9(12)14/h1-7,15H. The minimum absolute atomic E-state index is 0.244. The van der Waals surface area contributed by atoms with Crippen molar-refractivity contribution in [2.45, 2.75) is 4.90 Å². The number of hydrogen-bond donors (Lipinski definition) is 1. The zero-order valence-electron chi connectivity index (χ0n) is 10.3. The molecule has 0 heterocycles. The molecule has 0 spiro atoms. The van der Waals surface area contributed by atoms with Gasteiger partial charge in [-0.1, -0.05) is 28.1 Å². The molecular formula is C12H8BrFN2O4S. The van der Waals surface area contributed by atoms with Crippen molar-refractivity contribution >= 4 is 37.3 Å². The molecule has 0 amide bonds. The first-order valence-electron chi connectivity index (χ1n) is 5.52. The van der Waals surface area contributed by atoms with Gasteiger partial charge in [-0.3, -0.25) is 14.8 Å². The fourth-order valence-electron chi connectivity index (χ4n) is 1.60. The Balaban J connectivity index is 2.47. The molecule has 0 bridgehead atoms. The van der Waals surface area contributed by atoms with E-state index in [1.54, 1.807) is 0 Å². The van der Waals surface area contributed by atoms with Gasteiger partial charge in [-0.25, -0.2) is 12.8 Å². The lowest BCUT2D eigenvalue weighted by Gasteiger charge is -2.09. The molecule has 0 fully saturated rings. The molecule has 0 aliphatic heterocycles. The van der Waals surface area contributed by atoms with Crippen molar-refractivity contribution in [2.24, 2.45) is 0 Å². The molecule has 110 valence electrons. The highest BCUT2D eigenvalue weighted by atomic mass is 79.9. The molecule has 2 rings (SSSR count). The number of nitrogens with one attached hydrogen (secondary N) is 1. The van der Waals surface area contributed by atoms with Crippen molar-refractivity contribution in [3.63, 3.8) is 0 Å². The minimum atomic E-state index is -4.26. The van der Waals surface area contributed by atoms with E-state index in [-0.39, 0.29) is 5.69 Å². The Hall–Kier alpha value is -2.00. The van der Waals surface area contributed by atoms with Gasteiger partial charge in [0.05, 0.1) is 4.92 Å². The highest BCUT2D eigenvalue weighted by Gasteiger charge is 2.23. The van der Waals surface area contributed by atoms with E-state index in [4.69, 9.17) is 0 Å². The zero-order chi connectivity index (χ0) is 15.6. The van der Waals surface area contributed by atoms with Crippen LogP contribution in [0.15, 0.2) is 51.8 Å². The van der Waals surface area contributed by atoms with Crippen LogP contribution in [0.5, 0.6) is 0 Å². The molecule has 0 atom stereocenters. The average Bonchev–Trinajstić information content (AvgIpc) is 2.40. The number of halogens is 2. The molecule has 2 aromatic rings. The summed E-state index contributed by atoms with van der Waals surface area (Å²) >= 11 is 3.06. The maximum Gasteiger partial charge on any atom is 0.294 e. The molecule has 1 N–H and O–H groups in total. The van der Waals surface area contributed by atoms with Crippen molar-refractivity contribution < 1.29 is 17.7 Å². The van der Waals surface area contributed by atoms with Crippen LogP contribution in [-0.2, 0) is 10.0 Å². The zero-order valence-corrected chi connectivity index (χ0v) is 12.7. The van der Waals surface area contributed by atoms with Crippen molar-refractivity contribution in [3.8, 4) is 0 Å². The summed E-state index contributed by atoms with van der Waals surface area (Å²) in [5.41, 5.74) is -0.684. The van der Waals surface area contributed by atoms with Gasteiger partial charge >= 0.3 is 0 Å². The van der Waals surface area contributed by atoms with Crippen LogP contribution in [0.2, 0.25) is 0 Å². The Labute approximate surface area is 127 Å². The van der Waals surface area contributed by atoms with Gasteiger partial charge in [-0.15, -0.1) is 0 Å². The summed E-state index contributed by atoms with van der Waals surface area (Å²) < 4.78 is 40.2. The van der Waals surface area contributed by atoms with Crippen LogP contribution in [-0.4, -0.2) is 13.3 Å². The van der Waals surface area contributed by atoms with Crippen LogP contribution in [0.25, 0.3) is 0 Å². The molecule has 0 aliphatic rings. The monoisotopic (exact) mass is 374 g/mol. The molecule has 2 aromatic carbocycles. The van der Waals surface area contributed by atoms with Gasteiger partial charge in [0.2, 0.25) is 0 Å². The summed E-state index contributed by atoms with van der Waals surface area (Å²) in [6.07, 6.45) is 0. The van der Waals surface area contributed by atoms with E-state index in [0.717, 1.165) is 18.2 Å². The summed E-state index contributed by atoms with van der Waals surface area (Å²) in [7, 11) is -4.26. The van der Waals surface area contributed by atoms with Gasteiger partial charge in [0.15, 0.2) is 0 Å². The third-order valence-electron chi connectivity index (χ3n) is 2.53. The van der Waals surface area contributed by atoms with Crippen LogP contribution in [0, 0.1) is 15.9 Å². The predicted molar refractivity (Wildman–Crippen MR) is 78.0 cm³/mol. The molecule has 0 aliphatic carbocycles. The van der Waals surface area contributed by atoms with Gasteiger partial charge < -0.3 is 0 Å². The van der Waals surface area contributed by atoms with Gasteiger partial charge in [0, 0.05) is 10.5 Å². The Kier molecular flexibility index (Phi) is 4.24. The summed E-state index contributed by atoms with van der Waals surface area (Å²) in [4.78, 5) is 9.63. The topological polar surface area (TPSA) is 89.3 Å². The largest absolute Gasteiger partial charge is 0.294 e. The first kappa shape index (κ1) is 15.4. The van der Waals surface area contributed by atoms with Gasteiger partial charge in [0.1, 0.15) is 16.4 Å². The predicted octanol–water partition coefficient (Wildman–Crippen LogP) is 3.30. The number of benzene rings is 2. The van der Waals surface area contributed by atoms with E-state index in [9.17, 15) is 22.9 Å². The summed E-state index contributed by atoms with van der Waals surface area (Å²) in [6, 6.07) is 8.57. The van der Waals surface area contributed by atoms with E-state index in [1.165, 1.54) is 24.3 Å². The summed E-state index contributed by atoms with van der Waals surface area (Å²) in [5.74, 6) is -0.940. The lowest BCUT2D eigenvalue weighted by molar-refractivity contribution is -0.384. The lowest BCUT2D eigenvalue weighted by atomic mass is 10.3. The highest BCUT2D eigenvalue weighted by Crippen LogP contribution is 2.30. The van der Waals surface area contributed by atoms with Crippen LogP contribution in [0.4, 0.5) is 15.8 Å². The number of hydrogen-bond acceptors (Lipinski definition) is 4.